The Balaban J connectivity index is 1.34. The number of benzene rings is 4. The zero-order chi connectivity index (χ0) is 25.6. The average molecular weight is 494 g/mol. The van der Waals surface area contributed by atoms with E-state index in [-0.39, 0.29) is 24.0 Å². The maximum absolute atomic E-state index is 13.5. The van der Waals surface area contributed by atoms with Crippen molar-refractivity contribution in [1.82, 2.24) is 0 Å². The van der Waals surface area contributed by atoms with E-state index in [9.17, 15) is 9.18 Å². The Bertz CT molecular complexity index is 1480. The van der Waals surface area contributed by atoms with Crippen LogP contribution in [0.3, 0.4) is 0 Å². The van der Waals surface area contributed by atoms with Crippen LogP contribution in [0.1, 0.15) is 23.6 Å². The molecule has 0 amide bonds. The number of hydrogen-bond acceptors (Lipinski definition) is 5. The summed E-state index contributed by atoms with van der Waals surface area (Å²) in [6, 6.07) is 29.3. The van der Waals surface area contributed by atoms with Crippen LogP contribution in [-0.4, -0.2) is 18.5 Å². The third-order valence-electron chi connectivity index (χ3n) is 5.71. The van der Waals surface area contributed by atoms with Gasteiger partial charge in [0.1, 0.15) is 12.4 Å². The third kappa shape index (κ3) is 5.76. The molecule has 0 unspecified atom stereocenters. The number of halogens is 1. The van der Waals surface area contributed by atoms with Gasteiger partial charge >= 0.3 is 5.97 Å². The molecule has 0 saturated heterocycles. The van der Waals surface area contributed by atoms with Gasteiger partial charge in [-0.05, 0) is 71.7 Å². The van der Waals surface area contributed by atoms with Gasteiger partial charge in [-0.3, -0.25) is 0 Å². The third-order valence-corrected chi connectivity index (χ3v) is 5.71. The molecule has 1 aliphatic rings. The summed E-state index contributed by atoms with van der Waals surface area (Å²) >= 11 is 0. The minimum absolute atomic E-state index is 0.193. The first-order chi connectivity index (χ1) is 18.1. The number of ether oxygens (including phenoxy) is 3. The molecule has 0 atom stereocenters. The second-order valence-corrected chi connectivity index (χ2v) is 8.34. The summed E-state index contributed by atoms with van der Waals surface area (Å²) in [7, 11) is 0. The van der Waals surface area contributed by atoms with Gasteiger partial charge in [0.05, 0.1) is 6.61 Å². The van der Waals surface area contributed by atoms with Crippen molar-refractivity contribution in [1.29, 1.82) is 0 Å². The largest absolute Gasteiger partial charge is 0.490 e. The summed E-state index contributed by atoms with van der Waals surface area (Å²) < 4.78 is 30.5. The fourth-order valence-corrected chi connectivity index (χ4v) is 3.92. The van der Waals surface area contributed by atoms with Crippen molar-refractivity contribution in [2.24, 2.45) is 4.99 Å². The van der Waals surface area contributed by atoms with Crippen LogP contribution in [0, 0.1) is 5.82 Å². The Labute approximate surface area is 214 Å². The van der Waals surface area contributed by atoms with Gasteiger partial charge in [0.2, 0.25) is 5.90 Å². The molecule has 6 heteroatoms. The van der Waals surface area contributed by atoms with Crippen LogP contribution in [0.25, 0.3) is 17.2 Å². The second-order valence-electron chi connectivity index (χ2n) is 8.34. The number of hydrogen-bond donors (Lipinski definition) is 0. The highest BCUT2D eigenvalue weighted by Crippen LogP contribution is 2.31. The minimum atomic E-state index is -0.522. The van der Waals surface area contributed by atoms with Crippen molar-refractivity contribution in [3.8, 4) is 22.6 Å². The average Bonchev–Trinajstić information content (AvgIpc) is 3.29. The van der Waals surface area contributed by atoms with Crippen molar-refractivity contribution in [3.63, 3.8) is 0 Å². The molecule has 0 fully saturated rings. The summed E-state index contributed by atoms with van der Waals surface area (Å²) in [5, 5.41) is 0. The number of aliphatic imine (C=N–C) groups is 1. The predicted octanol–water partition coefficient (Wildman–Crippen LogP) is 6.81. The number of carbonyl (C=O) groups is 1. The van der Waals surface area contributed by atoms with Gasteiger partial charge < -0.3 is 14.2 Å². The Morgan fingerprint density at radius 3 is 2.32 bits per heavy atom. The van der Waals surface area contributed by atoms with E-state index in [4.69, 9.17) is 14.2 Å². The quantitative estimate of drug-likeness (QED) is 0.200. The molecule has 0 bridgehead atoms. The summed E-state index contributed by atoms with van der Waals surface area (Å²) in [5.74, 6) is 0.455. The van der Waals surface area contributed by atoms with Crippen LogP contribution in [0.2, 0.25) is 0 Å². The highest BCUT2D eigenvalue weighted by molar-refractivity contribution is 6.13. The Hall–Kier alpha value is -4.71. The molecule has 37 heavy (non-hydrogen) atoms. The molecule has 1 heterocycles. The normalized spacial score (nSPS) is 13.8. The number of carbonyl (C=O) groups excluding carboxylic acids is 1. The lowest BCUT2D eigenvalue weighted by Gasteiger charge is -2.13. The topological polar surface area (TPSA) is 57.1 Å². The van der Waals surface area contributed by atoms with Crippen molar-refractivity contribution < 1.29 is 23.4 Å². The van der Waals surface area contributed by atoms with E-state index in [2.05, 4.69) is 4.99 Å². The maximum Gasteiger partial charge on any atom is 0.363 e. The van der Waals surface area contributed by atoms with E-state index in [1.165, 1.54) is 12.1 Å². The molecule has 0 radical (unpaired) electrons. The van der Waals surface area contributed by atoms with E-state index in [0.29, 0.717) is 34.8 Å². The number of nitrogens with zero attached hydrogens (tertiary/aromatic N) is 1. The van der Waals surface area contributed by atoms with E-state index >= 15 is 0 Å². The number of cyclic esters (lactones) is 1. The molecule has 0 spiro atoms. The first-order valence-corrected chi connectivity index (χ1v) is 11.9. The molecule has 0 aliphatic carbocycles. The van der Waals surface area contributed by atoms with Gasteiger partial charge in [0, 0.05) is 5.56 Å². The van der Waals surface area contributed by atoms with Crippen molar-refractivity contribution in [2.45, 2.75) is 13.5 Å². The fourth-order valence-electron chi connectivity index (χ4n) is 3.92. The highest BCUT2D eigenvalue weighted by atomic mass is 19.1. The summed E-state index contributed by atoms with van der Waals surface area (Å²) in [6.45, 7) is 2.50. The standard InChI is InChI=1S/C31H24FNO4/c1-2-35-29-19-21(11-16-28(29)36-20-22-7-6-10-26(32)17-22)18-27-31(34)37-30(33-27)25-14-12-24(13-15-25)23-8-4-3-5-9-23/h3-19H,2,20H2,1H3/b27-18-. The Kier molecular flexibility index (Phi) is 7.08. The van der Waals surface area contributed by atoms with E-state index in [1.54, 1.807) is 36.4 Å². The molecular formula is C31H24FNO4. The molecule has 4 aromatic rings. The number of rotatable bonds is 8. The summed E-state index contributed by atoms with van der Waals surface area (Å²) in [4.78, 5) is 16.9. The molecule has 0 N–H and O–H groups in total. The lowest BCUT2D eigenvalue weighted by molar-refractivity contribution is -0.129. The molecule has 5 rings (SSSR count). The van der Waals surface area contributed by atoms with Gasteiger partial charge in [-0.25, -0.2) is 14.2 Å². The molecule has 0 saturated carbocycles. The zero-order valence-electron chi connectivity index (χ0n) is 20.2. The predicted molar refractivity (Wildman–Crippen MR) is 141 cm³/mol. The SMILES string of the molecule is CCOc1cc(/C=C2\N=C(c3ccc(-c4ccccc4)cc3)OC2=O)ccc1OCc1cccc(F)c1. The van der Waals surface area contributed by atoms with Gasteiger partial charge in [-0.1, -0.05) is 60.7 Å². The molecule has 1 aliphatic heterocycles. The fraction of sp³-hybridized carbons (Fsp3) is 0.0968. The van der Waals surface area contributed by atoms with Crippen molar-refractivity contribution in [3.05, 3.63) is 125 Å². The lowest BCUT2D eigenvalue weighted by atomic mass is 10.0. The molecule has 0 aromatic heterocycles. The van der Waals surface area contributed by atoms with Crippen LogP contribution in [0.4, 0.5) is 4.39 Å². The molecule has 184 valence electrons. The van der Waals surface area contributed by atoms with Gasteiger partial charge in [-0.2, -0.15) is 0 Å². The summed E-state index contributed by atoms with van der Waals surface area (Å²) in [5.41, 5.74) is 4.49. The van der Waals surface area contributed by atoms with E-state index in [1.807, 2.05) is 61.5 Å². The van der Waals surface area contributed by atoms with Crippen LogP contribution >= 0.6 is 0 Å². The smallest absolute Gasteiger partial charge is 0.363 e. The molecular weight excluding hydrogens is 469 g/mol. The zero-order valence-corrected chi connectivity index (χ0v) is 20.2. The van der Waals surface area contributed by atoms with E-state index < -0.39 is 5.97 Å². The Morgan fingerprint density at radius 1 is 0.811 bits per heavy atom. The van der Waals surface area contributed by atoms with Gasteiger partial charge in [0.25, 0.3) is 0 Å². The summed E-state index contributed by atoms with van der Waals surface area (Å²) in [6.07, 6.45) is 1.65. The van der Waals surface area contributed by atoms with Crippen LogP contribution in [-0.2, 0) is 16.1 Å². The first-order valence-electron chi connectivity index (χ1n) is 11.9. The first kappa shape index (κ1) is 24.0. The Morgan fingerprint density at radius 2 is 1.57 bits per heavy atom. The number of esters is 1. The maximum atomic E-state index is 13.5. The van der Waals surface area contributed by atoms with Crippen LogP contribution in [0.15, 0.2) is 108 Å². The van der Waals surface area contributed by atoms with Crippen LogP contribution in [0.5, 0.6) is 11.5 Å². The van der Waals surface area contributed by atoms with Crippen molar-refractivity contribution >= 4 is 17.9 Å². The highest BCUT2D eigenvalue weighted by Gasteiger charge is 2.24. The minimum Gasteiger partial charge on any atom is -0.490 e. The molecule has 4 aromatic carbocycles. The van der Waals surface area contributed by atoms with Gasteiger partial charge in [-0.15, -0.1) is 0 Å². The van der Waals surface area contributed by atoms with Crippen molar-refractivity contribution in [2.75, 3.05) is 6.61 Å². The monoisotopic (exact) mass is 493 g/mol. The molecule has 5 nitrogen and oxygen atoms in total. The van der Waals surface area contributed by atoms with Gasteiger partial charge in [0.15, 0.2) is 17.2 Å². The van der Waals surface area contributed by atoms with E-state index in [0.717, 1.165) is 11.1 Å². The van der Waals surface area contributed by atoms with Crippen LogP contribution < -0.4 is 9.47 Å². The lowest BCUT2D eigenvalue weighted by Crippen LogP contribution is -2.05. The second kappa shape index (κ2) is 10.9.